The van der Waals surface area contributed by atoms with E-state index in [0.29, 0.717) is 5.75 Å². The fourth-order valence-electron chi connectivity index (χ4n) is 1.62. The molecule has 1 aromatic carbocycles. The Bertz CT molecular complexity index is 404. The molecule has 0 fully saturated rings. The molecule has 1 aliphatic heterocycles. The van der Waals surface area contributed by atoms with Gasteiger partial charge >= 0.3 is 0 Å². The normalized spacial score (nSPS) is 14.9. The van der Waals surface area contributed by atoms with Crippen LogP contribution >= 0.6 is 15.9 Å². The summed E-state index contributed by atoms with van der Waals surface area (Å²) in [4.78, 5) is 6.11. The summed E-state index contributed by atoms with van der Waals surface area (Å²) in [6, 6.07) is 3.96. The third kappa shape index (κ3) is 2.00. The van der Waals surface area contributed by atoms with Crippen molar-refractivity contribution in [3.63, 3.8) is 0 Å². The standard InChI is InChI=1S/C11H13BrN2O/c1-2-8-5-9(12)11(15)10(6-8)14-4-3-13-7-14/h5-7,15H,2-4H2,1H3. The molecule has 80 valence electrons. The Labute approximate surface area is 97.6 Å². The van der Waals surface area contributed by atoms with Crippen molar-refractivity contribution in [2.75, 3.05) is 18.0 Å². The number of rotatable bonds is 2. The molecule has 1 aromatic rings. The molecule has 1 N–H and O–H groups in total. The number of nitrogens with zero attached hydrogens (tertiary/aromatic N) is 2. The van der Waals surface area contributed by atoms with E-state index in [1.165, 1.54) is 5.56 Å². The van der Waals surface area contributed by atoms with Crippen LogP contribution in [-0.4, -0.2) is 24.5 Å². The number of phenolic OH excluding ortho intramolecular Hbond substituents is 1. The van der Waals surface area contributed by atoms with E-state index in [0.717, 1.165) is 29.7 Å². The fraction of sp³-hybridized carbons (Fsp3) is 0.364. The maximum absolute atomic E-state index is 9.93. The number of phenols is 1. The summed E-state index contributed by atoms with van der Waals surface area (Å²) in [6.07, 6.45) is 2.73. The van der Waals surface area contributed by atoms with Gasteiger partial charge in [0.15, 0.2) is 5.75 Å². The van der Waals surface area contributed by atoms with Gasteiger partial charge in [0.05, 0.1) is 23.0 Å². The number of aliphatic imine (C=N–C) groups is 1. The van der Waals surface area contributed by atoms with Crippen molar-refractivity contribution in [2.45, 2.75) is 13.3 Å². The molecule has 0 radical (unpaired) electrons. The molecule has 0 unspecified atom stereocenters. The van der Waals surface area contributed by atoms with Gasteiger partial charge in [-0.3, -0.25) is 4.99 Å². The van der Waals surface area contributed by atoms with Gasteiger partial charge in [-0.1, -0.05) is 6.92 Å². The third-order valence-electron chi connectivity index (χ3n) is 2.51. The van der Waals surface area contributed by atoms with E-state index in [-0.39, 0.29) is 0 Å². The molecular weight excluding hydrogens is 256 g/mol. The van der Waals surface area contributed by atoms with E-state index in [1.54, 1.807) is 6.34 Å². The van der Waals surface area contributed by atoms with Crippen LogP contribution in [0.15, 0.2) is 21.6 Å². The van der Waals surface area contributed by atoms with Crippen molar-refractivity contribution < 1.29 is 5.11 Å². The van der Waals surface area contributed by atoms with Gasteiger partial charge in [-0.25, -0.2) is 0 Å². The monoisotopic (exact) mass is 268 g/mol. The van der Waals surface area contributed by atoms with Crippen LogP contribution < -0.4 is 4.90 Å². The number of aryl methyl sites for hydroxylation is 1. The van der Waals surface area contributed by atoms with E-state index < -0.39 is 0 Å². The first-order chi connectivity index (χ1) is 7.22. The van der Waals surface area contributed by atoms with Crippen LogP contribution in [0.3, 0.4) is 0 Å². The van der Waals surface area contributed by atoms with Gasteiger partial charge < -0.3 is 10.0 Å². The lowest BCUT2D eigenvalue weighted by Gasteiger charge is -2.17. The Hall–Kier alpha value is -1.03. The molecule has 0 amide bonds. The molecule has 0 bridgehead atoms. The highest BCUT2D eigenvalue weighted by atomic mass is 79.9. The van der Waals surface area contributed by atoms with Crippen molar-refractivity contribution in [2.24, 2.45) is 4.99 Å². The van der Waals surface area contributed by atoms with Crippen molar-refractivity contribution in [3.8, 4) is 5.75 Å². The lowest BCUT2D eigenvalue weighted by Crippen LogP contribution is -2.18. The summed E-state index contributed by atoms with van der Waals surface area (Å²) >= 11 is 3.36. The molecule has 2 rings (SSSR count). The summed E-state index contributed by atoms with van der Waals surface area (Å²) < 4.78 is 0.747. The Morgan fingerprint density at radius 1 is 1.53 bits per heavy atom. The summed E-state index contributed by atoms with van der Waals surface area (Å²) in [6.45, 7) is 3.74. The zero-order valence-electron chi connectivity index (χ0n) is 8.57. The van der Waals surface area contributed by atoms with Gasteiger partial charge in [-0.2, -0.15) is 0 Å². The van der Waals surface area contributed by atoms with E-state index in [9.17, 15) is 5.11 Å². The van der Waals surface area contributed by atoms with Gasteiger partial charge in [0.1, 0.15) is 0 Å². The molecule has 1 heterocycles. The second-order valence-electron chi connectivity index (χ2n) is 3.51. The Balaban J connectivity index is 2.44. The topological polar surface area (TPSA) is 35.8 Å². The minimum Gasteiger partial charge on any atom is -0.505 e. The molecular formula is C11H13BrN2O. The van der Waals surface area contributed by atoms with Gasteiger partial charge in [0, 0.05) is 6.54 Å². The quantitative estimate of drug-likeness (QED) is 0.895. The summed E-state index contributed by atoms with van der Waals surface area (Å²) in [5.74, 6) is 0.292. The molecule has 0 atom stereocenters. The predicted molar refractivity (Wildman–Crippen MR) is 65.9 cm³/mol. The molecule has 4 heteroatoms. The molecule has 0 aliphatic carbocycles. The fourth-order valence-corrected chi connectivity index (χ4v) is 2.12. The van der Waals surface area contributed by atoms with E-state index in [1.807, 2.05) is 17.0 Å². The summed E-state index contributed by atoms with van der Waals surface area (Å²) in [5, 5.41) is 9.93. The van der Waals surface area contributed by atoms with E-state index in [2.05, 4.69) is 27.8 Å². The van der Waals surface area contributed by atoms with Crippen molar-refractivity contribution >= 4 is 28.0 Å². The zero-order chi connectivity index (χ0) is 10.8. The molecule has 0 spiro atoms. The second-order valence-corrected chi connectivity index (χ2v) is 4.37. The van der Waals surface area contributed by atoms with Crippen LogP contribution in [0.1, 0.15) is 12.5 Å². The number of benzene rings is 1. The van der Waals surface area contributed by atoms with Crippen LogP contribution in [0.4, 0.5) is 5.69 Å². The lowest BCUT2D eigenvalue weighted by molar-refractivity contribution is 0.472. The summed E-state index contributed by atoms with van der Waals surface area (Å²) in [7, 11) is 0. The number of aromatic hydroxyl groups is 1. The Kier molecular flexibility index (Phi) is 2.95. The van der Waals surface area contributed by atoms with Crippen LogP contribution in [0.2, 0.25) is 0 Å². The number of halogens is 1. The number of hydrogen-bond donors (Lipinski definition) is 1. The predicted octanol–water partition coefficient (Wildman–Crippen LogP) is 2.57. The number of hydrogen-bond acceptors (Lipinski definition) is 3. The van der Waals surface area contributed by atoms with Gasteiger partial charge in [-0.15, -0.1) is 0 Å². The molecule has 15 heavy (non-hydrogen) atoms. The number of anilines is 1. The molecule has 0 saturated heterocycles. The average molecular weight is 269 g/mol. The minimum atomic E-state index is 0.292. The first-order valence-electron chi connectivity index (χ1n) is 5.00. The minimum absolute atomic E-state index is 0.292. The summed E-state index contributed by atoms with van der Waals surface area (Å²) in [5.41, 5.74) is 2.04. The van der Waals surface area contributed by atoms with Gasteiger partial charge in [0.2, 0.25) is 0 Å². The van der Waals surface area contributed by atoms with E-state index in [4.69, 9.17) is 0 Å². The van der Waals surface area contributed by atoms with Crippen LogP contribution in [0.5, 0.6) is 5.75 Å². The molecule has 3 nitrogen and oxygen atoms in total. The SMILES string of the molecule is CCc1cc(Br)c(O)c(N2C=NCC2)c1. The van der Waals surface area contributed by atoms with Crippen LogP contribution in [-0.2, 0) is 6.42 Å². The Morgan fingerprint density at radius 2 is 2.33 bits per heavy atom. The maximum Gasteiger partial charge on any atom is 0.153 e. The molecule has 0 saturated carbocycles. The van der Waals surface area contributed by atoms with Crippen molar-refractivity contribution in [1.29, 1.82) is 0 Å². The smallest absolute Gasteiger partial charge is 0.153 e. The first kappa shape index (κ1) is 10.5. The lowest BCUT2D eigenvalue weighted by atomic mass is 10.1. The highest BCUT2D eigenvalue weighted by molar-refractivity contribution is 9.10. The largest absolute Gasteiger partial charge is 0.505 e. The van der Waals surface area contributed by atoms with E-state index >= 15 is 0 Å². The van der Waals surface area contributed by atoms with Crippen molar-refractivity contribution in [3.05, 3.63) is 22.2 Å². The second kappa shape index (κ2) is 4.23. The van der Waals surface area contributed by atoms with Crippen LogP contribution in [0, 0.1) is 0 Å². The highest BCUT2D eigenvalue weighted by Crippen LogP contribution is 2.36. The third-order valence-corrected chi connectivity index (χ3v) is 3.12. The molecule has 0 aromatic heterocycles. The zero-order valence-corrected chi connectivity index (χ0v) is 10.2. The maximum atomic E-state index is 9.93. The van der Waals surface area contributed by atoms with Crippen LogP contribution in [0.25, 0.3) is 0 Å². The highest BCUT2D eigenvalue weighted by Gasteiger charge is 2.15. The molecule has 1 aliphatic rings. The average Bonchev–Trinajstić information content (AvgIpc) is 2.75. The first-order valence-corrected chi connectivity index (χ1v) is 5.79. The van der Waals surface area contributed by atoms with Crippen molar-refractivity contribution in [1.82, 2.24) is 0 Å². The van der Waals surface area contributed by atoms with Gasteiger partial charge in [-0.05, 0) is 40.0 Å². The Morgan fingerprint density at radius 3 is 2.93 bits per heavy atom. The van der Waals surface area contributed by atoms with Gasteiger partial charge in [0.25, 0.3) is 0 Å².